The molecule has 1 rings (SSSR count). The summed E-state index contributed by atoms with van der Waals surface area (Å²) in [5, 5.41) is 3.11. The number of rotatable bonds is 2. The molecule has 0 aromatic carbocycles. The fourth-order valence-electron chi connectivity index (χ4n) is 0.557. The molecule has 1 N–H and O–H groups in total. The van der Waals surface area contributed by atoms with E-state index in [2.05, 4.69) is 11.2 Å². The van der Waals surface area contributed by atoms with Gasteiger partial charge in [0.05, 0.1) is 25.8 Å². The van der Waals surface area contributed by atoms with Gasteiger partial charge in [-0.15, -0.1) is 6.42 Å². The molecule has 1 aliphatic rings. The lowest BCUT2D eigenvalue weighted by Gasteiger charge is -2.25. The van der Waals surface area contributed by atoms with Crippen molar-refractivity contribution in [1.82, 2.24) is 5.32 Å². The fraction of sp³-hybridized carbons (Fsp3) is 0.667. The quantitative estimate of drug-likeness (QED) is 0.490. The molecule has 0 amide bonds. The van der Waals surface area contributed by atoms with E-state index in [9.17, 15) is 0 Å². The lowest BCUT2D eigenvalue weighted by atomic mass is 10.2. The molecule has 2 nitrogen and oxygen atoms in total. The van der Waals surface area contributed by atoms with E-state index in [0.29, 0.717) is 12.6 Å². The molecule has 0 saturated carbocycles. The van der Waals surface area contributed by atoms with Gasteiger partial charge in [0.1, 0.15) is 0 Å². The number of terminal acetylenes is 1. The first-order valence-corrected chi connectivity index (χ1v) is 2.68. The zero-order chi connectivity index (χ0) is 5.82. The van der Waals surface area contributed by atoms with Crippen LogP contribution in [0, 0.1) is 12.3 Å². The molecule has 0 bridgehead atoms. The molecule has 0 aromatic rings. The molecule has 1 fully saturated rings. The van der Waals surface area contributed by atoms with Crippen molar-refractivity contribution in [2.45, 2.75) is 6.04 Å². The predicted molar refractivity (Wildman–Crippen MR) is 31.4 cm³/mol. The number of hydrogen-bond acceptors (Lipinski definition) is 2. The Morgan fingerprint density at radius 1 is 1.75 bits per heavy atom. The zero-order valence-corrected chi connectivity index (χ0v) is 4.68. The Morgan fingerprint density at radius 2 is 2.50 bits per heavy atom. The van der Waals surface area contributed by atoms with Gasteiger partial charge in [0.25, 0.3) is 0 Å². The average Bonchev–Trinajstić information content (AvgIpc) is 1.63. The van der Waals surface area contributed by atoms with E-state index in [0.717, 1.165) is 13.2 Å². The summed E-state index contributed by atoms with van der Waals surface area (Å²) in [7, 11) is 0. The second kappa shape index (κ2) is 2.71. The minimum atomic E-state index is 0.519. The average molecular weight is 111 g/mol. The highest BCUT2D eigenvalue weighted by Gasteiger charge is 2.15. The van der Waals surface area contributed by atoms with Crippen molar-refractivity contribution in [2.75, 3.05) is 19.8 Å². The van der Waals surface area contributed by atoms with Crippen LogP contribution in [0.25, 0.3) is 0 Å². The van der Waals surface area contributed by atoms with Crippen LogP contribution < -0.4 is 5.32 Å². The van der Waals surface area contributed by atoms with Crippen LogP contribution in [0.1, 0.15) is 0 Å². The fourth-order valence-corrected chi connectivity index (χ4v) is 0.557. The van der Waals surface area contributed by atoms with E-state index in [-0.39, 0.29) is 0 Å². The normalized spacial score (nSPS) is 19.4. The first-order valence-electron chi connectivity index (χ1n) is 2.68. The van der Waals surface area contributed by atoms with Gasteiger partial charge >= 0.3 is 0 Å². The highest BCUT2D eigenvalue weighted by Crippen LogP contribution is 1.97. The Balaban J connectivity index is 1.95. The van der Waals surface area contributed by atoms with E-state index in [4.69, 9.17) is 11.2 Å². The number of ether oxygens (including phenoxy) is 1. The molecule has 0 spiro atoms. The summed E-state index contributed by atoms with van der Waals surface area (Å²) in [5.41, 5.74) is 0. The van der Waals surface area contributed by atoms with Crippen molar-refractivity contribution in [3.05, 3.63) is 0 Å². The Bertz CT molecular complexity index is 102. The van der Waals surface area contributed by atoms with E-state index >= 15 is 0 Å². The molecule has 1 saturated heterocycles. The van der Waals surface area contributed by atoms with E-state index in [1.54, 1.807) is 0 Å². The van der Waals surface area contributed by atoms with Gasteiger partial charge in [0, 0.05) is 0 Å². The standard InChI is InChI=1S/C6H9NO/c1-2-3-7-6-4-8-5-6/h1,6-7H,3-5H2. The molecule has 8 heavy (non-hydrogen) atoms. The number of hydrogen-bond donors (Lipinski definition) is 1. The second-order valence-corrected chi connectivity index (χ2v) is 1.82. The van der Waals surface area contributed by atoms with Crippen LogP contribution in [0.15, 0.2) is 0 Å². The topological polar surface area (TPSA) is 21.3 Å². The SMILES string of the molecule is C#CCNC1COC1. The van der Waals surface area contributed by atoms with E-state index in [1.807, 2.05) is 0 Å². The third kappa shape index (κ3) is 1.22. The van der Waals surface area contributed by atoms with Crippen molar-refractivity contribution in [3.8, 4) is 12.3 Å². The summed E-state index contributed by atoms with van der Waals surface area (Å²) in [5.74, 6) is 2.50. The smallest absolute Gasteiger partial charge is 0.0643 e. The van der Waals surface area contributed by atoms with Crippen molar-refractivity contribution in [3.63, 3.8) is 0 Å². The van der Waals surface area contributed by atoms with Crippen LogP contribution in [-0.4, -0.2) is 25.8 Å². The van der Waals surface area contributed by atoms with Crippen molar-refractivity contribution < 1.29 is 4.74 Å². The van der Waals surface area contributed by atoms with Gasteiger partial charge in [-0.2, -0.15) is 0 Å². The maximum absolute atomic E-state index is 5.00. The van der Waals surface area contributed by atoms with Crippen LogP contribution in [0.3, 0.4) is 0 Å². The lowest BCUT2D eigenvalue weighted by Crippen LogP contribution is -2.45. The molecule has 1 heterocycles. The van der Waals surface area contributed by atoms with Crippen molar-refractivity contribution >= 4 is 0 Å². The van der Waals surface area contributed by atoms with Gasteiger partial charge in [0.2, 0.25) is 0 Å². The monoisotopic (exact) mass is 111 g/mol. The molecule has 0 unspecified atom stereocenters. The molecule has 44 valence electrons. The Morgan fingerprint density at radius 3 is 2.88 bits per heavy atom. The summed E-state index contributed by atoms with van der Waals surface area (Å²) in [6.45, 7) is 2.30. The van der Waals surface area contributed by atoms with E-state index in [1.165, 1.54) is 0 Å². The van der Waals surface area contributed by atoms with Gasteiger partial charge in [-0.05, 0) is 0 Å². The van der Waals surface area contributed by atoms with Gasteiger partial charge in [0.15, 0.2) is 0 Å². The molecule has 2 heteroatoms. The van der Waals surface area contributed by atoms with Gasteiger partial charge < -0.3 is 4.74 Å². The predicted octanol–water partition coefficient (Wildman–Crippen LogP) is -0.392. The van der Waals surface area contributed by atoms with Gasteiger partial charge in [-0.3, -0.25) is 5.32 Å². The molecule has 0 atom stereocenters. The Labute approximate surface area is 49.2 Å². The Kier molecular flexibility index (Phi) is 1.90. The molecular weight excluding hydrogens is 102 g/mol. The first kappa shape index (κ1) is 5.61. The summed E-state index contributed by atoms with van der Waals surface area (Å²) < 4.78 is 4.90. The van der Waals surface area contributed by atoms with Gasteiger partial charge in [-0.25, -0.2) is 0 Å². The van der Waals surface area contributed by atoms with Crippen LogP contribution >= 0.6 is 0 Å². The van der Waals surface area contributed by atoms with Crippen LogP contribution in [0.5, 0.6) is 0 Å². The molecule has 0 aliphatic carbocycles. The van der Waals surface area contributed by atoms with Crippen LogP contribution in [0.4, 0.5) is 0 Å². The maximum Gasteiger partial charge on any atom is 0.0643 e. The molecule has 1 aliphatic heterocycles. The minimum absolute atomic E-state index is 0.519. The van der Waals surface area contributed by atoms with Crippen LogP contribution in [0.2, 0.25) is 0 Å². The summed E-state index contributed by atoms with van der Waals surface area (Å²) in [4.78, 5) is 0. The first-order chi connectivity index (χ1) is 3.93. The maximum atomic E-state index is 5.00. The third-order valence-electron chi connectivity index (χ3n) is 1.13. The summed E-state index contributed by atoms with van der Waals surface area (Å²) in [6.07, 6.45) is 5.00. The van der Waals surface area contributed by atoms with E-state index < -0.39 is 0 Å². The summed E-state index contributed by atoms with van der Waals surface area (Å²) >= 11 is 0. The van der Waals surface area contributed by atoms with Crippen molar-refractivity contribution in [1.29, 1.82) is 0 Å². The van der Waals surface area contributed by atoms with Crippen molar-refractivity contribution in [2.24, 2.45) is 0 Å². The zero-order valence-electron chi connectivity index (χ0n) is 4.68. The highest BCUT2D eigenvalue weighted by molar-refractivity contribution is 4.89. The highest BCUT2D eigenvalue weighted by atomic mass is 16.5. The lowest BCUT2D eigenvalue weighted by molar-refractivity contribution is -0.00322. The molecule has 0 aromatic heterocycles. The second-order valence-electron chi connectivity index (χ2n) is 1.82. The molecular formula is C6H9NO. The largest absolute Gasteiger partial charge is 0.378 e. The van der Waals surface area contributed by atoms with Crippen LogP contribution in [-0.2, 0) is 4.74 Å². The van der Waals surface area contributed by atoms with Gasteiger partial charge in [-0.1, -0.05) is 5.92 Å². The molecule has 0 radical (unpaired) electrons. The summed E-state index contributed by atoms with van der Waals surface area (Å²) in [6, 6.07) is 0.519. The third-order valence-corrected chi connectivity index (χ3v) is 1.13. The minimum Gasteiger partial charge on any atom is -0.378 e. The Hall–Kier alpha value is -0.520. The number of nitrogens with one attached hydrogen (secondary N) is 1.